The van der Waals surface area contributed by atoms with Crippen molar-refractivity contribution in [1.29, 1.82) is 5.26 Å². The van der Waals surface area contributed by atoms with Crippen LogP contribution in [0.25, 0.3) is 11.0 Å². The first-order valence-corrected chi connectivity index (χ1v) is 11.7. The molecule has 4 aromatic rings. The molecule has 1 heterocycles. The molecule has 0 atom stereocenters. The number of hydrogen-bond acceptors (Lipinski definition) is 5. The molecule has 0 aliphatic rings. The number of fused-ring (bicyclic) bond motifs is 1. The third-order valence-corrected chi connectivity index (χ3v) is 6.07. The molecule has 33 heavy (non-hydrogen) atoms. The predicted molar refractivity (Wildman–Crippen MR) is 131 cm³/mol. The number of anilines is 1. The summed E-state index contributed by atoms with van der Waals surface area (Å²) in [5.74, 6) is 0.932. The van der Waals surface area contributed by atoms with E-state index in [1.54, 1.807) is 0 Å². The quantitative estimate of drug-likeness (QED) is 0.340. The number of carbonyl (C=O) groups excluding carboxylic acids is 1. The second kappa shape index (κ2) is 10.7. The number of amides is 1. The highest BCUT2D eigenvalue weighted by molar-refractivity contribution is 7.99. The van der Waals surface area contributed by atoms with Crippen LogP contribution < -0.4 is 10.1 Å². The largest absolute Gasteiger partial charge is 0.489 e. The minimum atomic E-state index is -0.0825. The Balaban J connectivity index is 1.32. The van der Waals surface area contributed by atoms with Gasteiger partial charge in [0.05, 0.1) is 29.3 Å². The van der Waals surface area contributed by atoms with Crippen LogP contribution in [-0.2, 0) is 24.4 Å². The maximum atomic E-state index is 12.6. The summed E-state index contributed by atoms with van der Waals surface area (Å²) in [6, 6.07) is 25.3. The van der Waals surface area contributed by atoms with Crippen LogP contribution in [0.4, 0.5) is 5.69 Å². The number of aromatic nitrogens is 2. The number of para-hydroxylation sites is 2. The minimum absolute atomic E-state index is 0.0825. The van der Waals surface area contributed by atoms with Gasteiger partial charge in [0.1, 0.15) is 12.4 Å². The molecule has 0 bridgehead atoms. The van der Waals surface area contributed by atoms with Crippen LogP contribution in [0.5, 0.6) is 5.75 Å². The number of thioether (sulfide) groups is 1. The van der Waals surface area contributed by atoms with E-state index in [1.165, 1.54) is 11.8 Å². The Labute approximate surface area is 197 Å². The molecule has 0 unspecified atom stereocenters. The molecule has 0 spiro atoms. The summed E-state index contributed by atoms with van der Waals surface area (Å²) in [5.41, 5.74) is 4.66. The van der Waals surface area contributed by atoms with Gasteiger partial charge >= 0.3 is 0 Å². The van der Waals surface area contributed by atoms with Crippen LogP contribution in [0.15, 0.2) is 78.0 Å². The molecule has 0 saturated heterocycles. The molecule has 6 nitrogen and oxygen atoms in total. The van der Waals surface area contributed by atoms with Crippen molar-refractivity contribution >= 4 is 34.4 Å². The molecule has 7 heteroatoms. The van der Waals surface area contributed by atoms with E-state index < -0.39 is 0 Å². The summed E-state index contributed by atoms with van der Waals surface area (Å²) < 4.78 is 7.96. The van der Waals surface area contributed by atoms with Gasteiger partial charge in [-0.25, -0.2) is 4.98 Å². The first-order valence-electron chi connectivity index (χ1n) is 10.7. The fourth-order valence-electron chi connectivity index (χ4n) is 3.50. The fraction of sp³-hybridized carbons (Fsp3) is 0.192. The molecule has 0 radical (unpaired) electrons. The molecule has 0 aliphatic heterocycles. The van der Waals surface area contributed by atoms with Crippen molar-refractivity contribution in [2.24, 2.45) is 0 Å². The van der Waals surface area contributed by atoms with Crippen molar-refractivity contribution in [3.05, 3.63) is 83.9 Å². The highest BCUT2D eigenvalue weighted by Crippen LogP contribution is 2.24. The maximum absolute atomic E-state index is 12.6. The molecular formula is C26H24N4O2S. The van der Waals surface area contributed by atoms with Gasteiger partial charge < -0.3 is 14.6 Å². The summed E-state index contributed by atoms with van der Waals surface area (Å²) in [4.78, 5) is 17.2. The number of aryl methyl sites for hydroxylation is 1. The standard InChI is InChI=1S/C26H24N4O2S/c1-2-30-24-9-4-3-8-23(24)29-26(30)33-18-25(31)28-21-7-5-6-20(16-21)17-32-22-12-10-19(11-13-22)14-15-27/h3-13,16H,2,14,17-18H2,1H3,(H,28,31). The lowest BCUT2D eigenvalue weighted by Gasteiger charge is -2.10. The first-order chi connectivity index (χ1) is 16.2. The molecule has 1 aromatic heterocycles. The Morgan fingerprint density at radius 2 is 1.91 bits per heavy atom. The molecule has 1 amide bonds. The summed E-state index contributed by atoms with van der Waals surface area (Å²) >= 11 is 1.44. The highest BCUT2D eigenvalue weighted by Gasteiger charge is 2.12. The predicted octanol–water partition coefficient (Wildman–Crippen LogP) is 5.43. The number of imidazole rings is 1. The van der Waals surface area contributed by atoms with E-state index in [1.807, 2.05) is 72.8 Å². The first kappa shape index (κ1) is 22.4. The van der Waals surface area contributed by atoms with E-state index >= 15 is 0 Å². The monoisotopic (exact) mass is 456 g/mol. The molecule has 0 saturated carbocycles. The lowest BCUT2D eigenvalue weighted by molar-refractivity contribution is -0.113. The smallest absolute Gasteiger partial charge is 0.234 e. The third kappa shape index (κ3) is 5.73. The lowest BCUT2D eigenvalue weighted by Crippen LogP contribution is -2.14. The molecule has 166 valence electrons. The van der Waals surface area contributed by atoms with Crippen molar-refractivity contribution in [3.63, 3.8) is 0 Å². The SMILES string of the molecule is CCn1c(SCC(=O)Nc2cccc(COc3ccc(CC#N)cc3)c2)nc2ccccc21. The molecule has 4 rings (SSSR count). The second-order valence-electron chi connectivity index (χ2n) is 7.43. The van der Waals surface area contributed by atoms with E-state index in [4.69, 9.17) is 10.00 Å². The van der Waals surface area contributed by atoms with Crippen LogP contribution in [0.2, 0.25) is 0 Å². The Morgan fingerprint density at radius 3 is 2.70 bits per heavy atom. The van der Waals surface area contributed by atoms with Gasteiger partial charge in [-0.2, -0.15) is 5.26 Å². The van der Waals surface area contributed by atoms with Crippen LogP contribution in [0.3, 0.4) is 0 Å². The van der Waals surface area contributed by atoms with Crippen LogP contribution in [0.1, 0.15) is 18.1 Å². The number of ether oxygens (including phenoxy) is 1. The van der Waals surface area contributed by atoms with Gasteiger partial charge in [0.2, 0.25) is 5.91 Å². The van der Waals surface area contributed by atoms with E-state index in [0.717, 1.165) is 45.3 Å². The van der Waals surface area contributed by atoms with E-state index in [0.29, 0.717) is 13.0 Å². The van der Waals surface area contributed by atoms with E-state index in [-0.39, 0.29) is 11.7 Å². The van der Waals surface area contributed by atoms with Crippen LogP contribution in [-0.4, -0.2) is 21.2 Å². The molecule has 0 aliphatic carbocycles. The van der Waals surface area contributed by atoms with Crippen molar-refractivity contribution in [2.45, 2.75) is 31.7 Å². The van der Waals surface area contributed by atoms with Gasteiger partial charge in [0.15, 0.2) is 5.16 Å². The average Bonchev–Trinajstić information content (AvgIpc) is 3.20. The number of rotatable bonds is 9. The van der Waals surface area contributed by atoms with Gasteiger partial charge in [-0.05, 0) is 54.4 Å². The van der Waals surface area contributed by atoms with E-state index in [2.05, 4.69) is 27.9 Å². The average molecular weight is 457 g/mol. The lowest BCUT2D eigenvalue weighted by atomic mass is 10.1. The number of nitriles is 1. The van der Waals surface area contributed by atoms with Crippen LogP contribution in [0, 0.1) is 11.3 Å². The Kier molecular flexibility index (Phi) is 7.28. The Morgan fingerprint density at radius 1 is 1.09 bits per heavy atom. The summed E-state index contributed by atoms with van der Waals surface area (Å²) in [6.45, 7) is 3.26. The number of carbonyl (C=O) groups is 1. The van der Waals surface area contributed by atoms with E-state index in [9.17, 15) is 4.79 Å². The van der Waals surface area contributed by atoms with Gasteiger partial charge in [-0.3, -0.25) is 4.79 Å². The maximum Gasteiger partial charge on any atom is 0.234 e. The van der Waals surface area contributed by atoms with Crippen molar-refractivity contribution in [2.75, 3.05) is 11.1 Å². The third-order valence-electron chi connectivity index (χ3n) is 5.09. The topological polar surface area (TPSA) is 79.9 Å². The molecule has 3 aromatic carbocycles. The zero-order valence-corrected chi connectivity index (χ0v) is 19.1. The van der Waals surface area contributed by atoms with Gasteiger partial charge in [-0.15, -0.1) is 0 Å². The minimum Gasteiger partial charge on any atom is -0.489 e. The molecule has 0 fully saturated rings. The Hall–Kier alpha value is -3.76. The fourth-order valence-corrected chi connectivity index (χ4v) is 4.38. The summed E-state index contributed by atoms with van der Waals surface area (Å²) in [5, 5.41) is 12.6. The normalized spacial score (nSPS) is 10.7. The molecular weight excluding hydrogens is 432 g/mol. The van der Waals surface area contributed by atoms with Gasteiger partial charge in [-0.1, -0.05) is 48.2 Å². The zero-order chi connectivity index (χ0) is 23.0. The van der Waals surface area contributed by atoms with Crippen molar-refractivity contribution < 1.29 is 9.53 Å². The van der Waals surface area contributed by atoms with Crippen LogP contribution >= 0.6 is 11.8 Å². The summed E-state index contributed by atoms with van der Waals surface area (Å²) in [6.07, 6.45) is 0.386. The summed E-state index contributed by atoms with van der Waals surface area (Å²) in [7, 11) is 0. The number of nitrogens with one attached hydrogen (secondary N) is 1. The highest BCUT2D eigenvalue weighted by atomic mass is 32.2. The number of nitrogens with zero attached hydrogens (tertiary/aromatic N) is 3. The van der Waals surface area contributed by atoms with Gasteiger partial charge in [0.25, 0.3) is 0 Å². The van der Waals surface area contributed by atoms with Gasteiger partial charge in [0, 0.05) is 12.2 Å². The number of benzene rings is 3. The van der Waals surface area contributed by atoms with Crippen molar-refractivity contribution in [3.8, 4) is 11.8 Å². The molecule has 1 N–H and O–H groups in total. The Bertz CT molecular complexity index is 1290. The number of hydrogen-bond donors (Lipinski definition) is 1. The van der Waals surface area contributed by atoms with Crippen molar-refractivity contribution in [1.82, 2.24) is 9.55 Å². The zero-order valence-electron chi connectivity index (χ0n) is 18.3. The second-order valence-corrected chi connectivity index (χ2v) is 8.37.